The van der Waals surface area contributed by atoms with Gasteiger partial charge >= 0.3 is 0 Å². The molecule has 0 bridgehead atoms. The van der Waals surface area contributed by atoms with E-state index in [1.54, 1.807) is 6.08 Å². The molecule has 1 aliphatic heterocycles. The van der Waals surface area contributed by atoms with Crippen molar-refractivity contribution < 1.29 is 9.90 Å². The molecule has 0 unspecified atom stereocenters. The lowest BCUT2D eigenvalue weighted by Crippen LogP contribution is -2.58. The third-order valence-corrected chi connectivity index (χ3v) is 3.84. The van der Waals surface area contributed by atoms with Crippen LogP contribution in [0.25, 0.3) is 0 Å². The topological polar surface area (TPSA) is 43.4 Å². The van der Waals surface area contributed by atoms with Gasteiger partial charge in [-0.3, -0.25) is 4.90 Å². The minimum absolute atomic E-state index is 0.0999. The highest BCUT2D eigenvalue weighted by atomic mass is 16.4. The lowest BCUT2D eigenvalue weighted by molar-refractivity contribution is -0.297. The van der Waals surface area contributed by atoms with E-state index in [0.717, 1.165) is 12.8 Å². The molecule has 0 amide bonds. The van der Waals surface area contributed by atoms with Gasteiger partial charge < -0.3 is 9.90 Å². The number of carboxylic acids is 1. The molecule has 1 saturated heterocycles. The van der Waals surface area contributed by atoms with Crippen molar-refractivity contribution in [3.63, 3.8) is 0 Å². The summed E-state index contributed by atoms with van der Waals surface area (Å²) in [6.45, 7) is 8.81. The lowest BCUT2D eigenvalue weighted by atomic mass is 9.74. The molecule has 0 radical (unpaired) electrons. The molecule has 0 atom stereocenters. The average Bonchev–Trinajstić information content (AvgIpc) is 2.10. The normalized spacial score (nSPS) is 26.1. The largest absolute Gasteiger partial charge is 0.545 e. The lowest BCUT2D eigenvalue weighted by Gasteiger charge is -2.53. The van der Waals surface area contributed by atoms with Gasteiger partial charge in [0, 0.05) is 11.1 Å². The predicted octanol–water partition coefficient (Wildman–Crippen LogP) is 1.19. The van der Waals surface area contributed by atoms with Gasteiger partial charge in [0.2, 0.25) is 0 Å². The Labute approximate surface area is 98.1 Å². The highest BCUT2D eigenvalue weighted by Crippen LogP contribution is 2.40. The molecule has 16 heavy (non-hydrogen) atoms. The van der Waals surface area contributed by atoms with Gasteiger partial charge in [-0.2, -0.15) is 0 Å². The number of carbonyl (C=O) groups is 1. The van der Waals surface area contributed by atoms with Crippen LogP contribution in [0.2, 0.25) is 0 Å². The number of nitrogens with zero attached hydrogens (tertiary/aromatic N) is 1. The Morgan fingerprint density at radius 2 is 1.69 bits per heavy atom. The zero-order valence-corrected chi connectivity index (χ0v) is 10.9. The van der Waals surface area contributed by atoms with E-state index in [0.29, 0.717) is 5.92 Å². The van der Waals surface area contributed by atoms with Crippen LogP contribution >= 0.6 is 0 Å². The molecule has 1 rings (SSSR count). The first-order chi connectivity index (χ1) is 7.15. The van der Waals surface area contributed by atoms with E-state index < -0.39 is 5.97 Å². The van der Waals surface area contributed by atoms with Crippen LogP contribution in [0.1, 0.15) is 40.5 Å². The molecular weight excluding hydrogens is 202 g/mol. The fourth-order valence-corrected chi connectivity index (χ4v) is 2.80. The molecule has 0 aromatic carbocycles. The third kappa shape index (κ3) is 2.85. The Hall–Kier alpha value is -0.830. The van der Waals surface area contributed by atoms with E-state index in [4.69, 9.17) is 0 Å². The van der Waals surface area contributed by atoms with Gasteiger partial charge in [-0.1, -0.05) is 6.08 Å². The molecule has 3 nitrogen and oxygen atoms in total. The first-order valence-electron chi connectivity index (χ1n) is 5.78. The SMILES string of the molecule is CN1C(C)(C)CC(/C=C/C(=O)[O-])CC1(C)C. The second-order valence-electron chi connectivity index (χ2n) is 6.03. The van der Waals surface area contributed by atoms with Crippen molar-refractivity contribution in [1.29, 1.82) is 0 Å². The zero-order valence-electron chi connectivity index (χ0n) is 10.9. The van der Waals surface area contributed by atoms with Crippen LogP contribution in [-0.4, -0.2) is 29.0 Å². The van der Waals surface area contributed by atoms with Crippen LogP contribution in [-0.2, 0) is 4.79 Å². The fourth-order valence-electron chi connectivity index (χ4n) is 2.80. The second-order valence-corrected chi connectivity index (χ2v) is 6.03. The van der Waals surface area contributed by atoms with E-state index in [1.807, 2.05) is 0 Å². The van der Waals surface area contributed by atoms with Crippen molar-refractivity contribution in [1.82, 2.24) is 4.90 Å². The van der Waals surface area contributed by atoms with Crippen molar-refractivity contribution in [2.24, 2.45) is 5.92 Å². The molecule has 0 aromatic heterocycles. The summed E-state index contributed by atoms with van der Waals surface area (Å²) in [6.07, 6.45) is 4.92. The van der Waals surface area contributed by atoms with Gasteiger partial charge in [-0.15, -0.1) is 0 Å². The van der Waals surface area contributed by atoms with Crippen molar-refractivity contribution in [2.75, 3.05) is 7.05 Å². The number of carbonyl (C=O) groups excluding carboxylic acids is 1. The Bertz CT molecular complexity index is 287. The summed E-state index contributed by atoms with van der Waals surface area (Å²) in [7, 11) is 2.14. The van der Waals surface area contributed by atoms with Gasteiger partial charge in [-0.25, -0.2) is 0 Å². The predicted molar refractivity (Wildman–Crippen MR) is 62.8 cm³/mol. The summed E-state index contributed by atoms with van der Waals surface area (Å²) in [6, 6.07) is 0. The van der Waals surface area contributed by atoms with Crippen molar-refractivity contribution in [2.45, 2.75) is 51.6 Å². The summed E-state index contributed by atoms with van der Waals surface area (Å²) >= 11 is 0. The van der Waals surface area contributed by atoms with E-state index in [-0.39, 0.29) is 11.1 Å². The maximum atomic E-state index is 10.4. The fraction of sp³-hybridized carbons (Fsp3) is 0.769. The first-order valence-corrected chi connectivity index (χ1v) is 5.78. The van der Waals surface area contributed by atoms with Crippen LogP contribution < -0.4 is 5.11 Å². The molecule has 1 heterocycles. The number of carboxylic acid groups (broad SMARTS) is 1. The number of likely N-dealkylation sites (tertiary alicyclic amines) is 1. The molecule has 1 fully saturated rings. The summed E-state index contributed by atoms with van der Waals surface area (Å²) < 4.78 is 0. The molecule has 3 heteroatoms. The van der Waals surface area contributed by atoms with E-state index in [2.05, 4.69) is 39.6 Å². The third-order valence-electron chi connectivity index (χ3n) is 3.84. The summed E-state index contributed by atoms with van der Waals surface area (Å²) in [5.74, 6) is -0.784. The number of hydrogen-bond donors (Lipinski definition) is 0. The minimum Gasteiger partial charge on any atom is -0.545 e. The smallest absolute Gasteiger partial charge is 0.0639 e. The van der Waals surface area contributed by atoms with Crippen molar-refractivity contribution >= 4 is 5.97 Å². The van der Waals surface area contributed by atoms with E-state index in [9.17, 15) is 9.90 Å². The summed E-state index contributed by atoms with van der Waals surface area (Å²) in [5, 5.41) is 10.4. The minimum atomic E-state index is -1.10. The quantitative estimate of drug-likeness (QED) is 0.662. The zero-order chi connectivity index (χ0) is 12.6. The summed E-state index contributed by atoms with van der Waals surface area (Å²) in [5.41, 5.74) is 0.200. The molecule has 0 N–H and O–H groups in total. The van der Waals surface area contributed by atoms with E-state index >= 15 is 0 Å². The molecule has 0 aliphatic carbocycles. The van der Waals surface area contributed by atoms with Gasteiger partial charge in [0.15, 0.2) is 0 Å². The molecule has 92 valence electrons. The number of piperidine rings is 1. The molecule has 0 saturated carbocycles. The van der Waals surface area contributed by atoms with Crippen molar-refractivity contribution in [3.8, 4) is 0 Å². The van der Waals surface area contributed by atoms with Gasteiger partial charge in [-0.05, 0) is 59.6 Å². The van der Waals surface area contributed by atoms with Crippen molar-refractivity contribution in [3.05, 3.63) is 12.2 Å². The Balaban J connectivity index is 2.83. The van der Waals surface area contributed by atoms with Gasteiger partial charge in [0.25, 0.3) is 0 Å². The number of aliphatic carboxylic acids is 1. The van der Waals surface area contributed by atoms with Gasteiger partial charge in [0.1, 0.15) is 0 Å². The van der Waals surface area contributed by atoms with Crippen LogP contribution in [0.4, 0.5) is 0 Å². The Morgan fingerprint density at radius 1 is 1.25 bits per heavy atom. The highest BCUT2D eigenvalue weighted by Gasteiger charge is 2.41. The Kier molecular flexibility index (Phi) is 3.48. The average molecular weight is 224 g/mol. The molecule has 0 spiro atoms. The monoisotopic (exact) mass is 224 g/mol. The first kappa shape index (κ1) is 13.2. The standard InChI is InChI=1S/C13H23NO2/c1-12(2)8-10(6-7-11(15)16)9-13(3,4)14(12)5/h6-7,10H,8-9H2,1-5H3,(H,15,16)/p-1/b7-6+. The number of hydrogen-bond acceptors (Lipinski definition) is 3. The maximum absolute atomic E-state index is 10.4. The Morgan fingerprint density at radius 3 is 2.06 bits per heavy atom. The second kappa shape index (κ2) is 4.21. The number of rotatable bonds is 2. The number of allylic oxidation sites excluding steroid dienone is 1. The van der Waals surface area contributed by atoms with Crippen LogP contribution in [0.5, 0.6) is 0 Å². The molecule has 1 aliphatic rings. The maximum Gasteiger partial charge on any atom is 0.0639 e. The molecule has 0 aromatic rings. The molecular formula is C13H22NO2-. The van der Waals surface area contributed by atoms with Crippen LogP contribution in [0.3, 0.4) is 0 Å². The van der Waals surface area contributed by atoms with E-state index in [1.165, 1.54) is 6.08 Å². The van der Waals surface area contributed by atoms with Crippen LogP contribution in [0.15, 0.2) is 12.2 Å². The van der Waals surface area contributed by atoms with Gasteiger partial charge in [0.05, 0.1) is 5.97 Å². The highest BCUT2D eigenvalue weighted by molar-refractivity contribution is 5.77. The van der Waals surface area contributed by atoms with Crippen LogP contribution in [0, 0.1) is 5.92 Å². The summed E-state index contributed by atoms with van der Waals surface area (Å²) in [4.78, 5) is 12.8.